The molecule has 0 aliphatic carbocycles. The quantitative estimate of drug-likeness (QED) is 0.888. The molecule has 100 valence electrons. The number of nitrogens with zero attached hydrogens (tertiary/aromatic N) is 2. The normalized spacial score (nSPS) is 24.1. The van der Waals surface area contributed by atoms with E-state index in [9.17, 15) is 0 Å². The summed E-state index contributed by atoms with van der Waals surface area (Å²) in [5.74, 6) is 0. The number of hydrogen-bond acceptors (Lipinski definition) is 3. The highest BCUT2D eigenvalue weighted by atomic mass is 15.3. The van der Waals surface area contributed by atoms with E-state index in [-0.39, 0.29) is 5.54 Å². The maximum absolute atomic E-state index is 4.62. The Bertz CT molecular complexity index is 400. The van der Waals surface area contributed by atoms with Gasteiger partial charge in [-0.05, 0) is 39.3 Å². The van der Waals surface area contributed by atoms with E-state index in [0.717, 1.165) is 25.3 Å². The van der Waals surface area contributed by atoms with Gasteiger partial charge in [0.1, 0.15) is 0 Å². The minimum Gasteiger partial charge on any atom is -0.311 e. The molecule has 0 aromatic carbocycles. The van der Waals surface area contributed by atoms with Gasteiger partial charge >= 0.3 is 0 Å². The number of aromatic nitrogens is 1. The van der Waals surface area contributed by atoms with E-state index >= 15 is 0 Å². The van der Waals surface area contributed by atoms with Crippen molar-refractivity contribution in [3.8, 4) is 0 Å². The van der Waals surface area contributed by atoms with Gasteiger partial charge in [0.2, 0.25) is 0 Å². The van der Waals surface area contributed by atoms with Gasteiger partial charge in [-0.2, -0.15) is 0 Å². The zero-order chi connectivity index (χ0) is 13.2. The Hall–Kier alpha value is -0.930. The molecule has 0 bridgehead atoms. The lowest BCUT2D eigenvalue weighted by Crippen LogP contribution is -2.61. The lowest BCUT2D eigenvalue weighted by Gasteiger charge is -2.46. The van der Waals surface area contributed by atoms with Crippen molar-refractivity contribution in [1.82, 2.24) is 15.2 Å². The fourth-order valence-corrected chi connectivity index (χ4v) is 2.52. The molecule has 1 aliphatic rings. The fraction of sp³-hybridized carbons (Fsp3) is 0.667. The molecule has 1 atom stereocenters. The zero-order valence-corrected chi connectivity index (χ0v) is 12.0. The highest BCUT2D eigenvalue weighted by molar-refractivity contribution is 5.10. The number of hydrogen-bond donors (Lipinski definition) is 1. The first-order chi connectivity index (χ1) is 8.51. The molecule has 1 unspecified atom stereocenters. The molecular weight excluding hydrogens is 222 g/mol. The molecule has 18 heavy (non-hydrogen) atoms. The summed E-state index contributed by atoms with van der Waals surface area (Å²) in [5.41, 5.74) is 2.49. The van der Waals surface area contributed by atoms with E-state index < -0.39 is 0 Å². The molecule has 0 amide bonds. The Morgan fingerprint density at radius 2 is 2.22 bits per heavy atom. The first-order valence-corrected chi connectivity index (χ1v) is 6.92. The lowest BCUT2D eigenvalue weighted by molar-refractivity contribution is 0.0565. The molecule has 0 spiro atoms. The summed E-state index contributed by atoms with van der Waals surface area (Å²) in [6.07, 6.45) is 1.19. The maximum atomic E-state index is 4.62. The highest BCUT2D eigenvalue weighted by Gasteiger charge is 2.33. The predicted molar refractivity (Wildman–Crippen MR) is 75.5 cm³/mol. The molecule has 3 nitrogen and oxygen atoms in total. The second kappa shape index (κ2) is 5.37. The van der Waals surface area contributed by atoms with Gasteiger partial charge in [0, 0.05) is 36.9 Å². The van der Waals surface area contributed by atoms with Crippen LogP contribution in [0, 0.1) is 6.92 Å². The largest absolute Gasteiger partial charge is 0.311 e. The van der Waals surface area contributed by atoms with Crippen LogP contribution in [0.15, 0.2) is 18.2 Å². The van der Waals surface area contributed by atoms with Gasteiger partial charge in [-0.15, -0.1) is 0 Å². The van der Waals surface area contributed by atoms with Crippen LogP contribution in [0.4, 0.5) is 0 Å². The van der Waals surface area contributed by atoms with Crippen LogP contribution >= 0.6 is 0 Å². The maximum Gasteiger partial charge on any atom is 0.0547 e. The third-order valence-corrected chi connectivity index (χ3v) is 3.91. The van der Waals surface area contributed by atoms with Crippen molar-refractivity contribution >= 4 is 0 Å². The van der Waals surface area contributed by atoms with E-state index in [2.05, 4.69) is 61.1 Å². The van der Waals surface area contributed by atoms with Crippen molar-refractivity contribution in [3.63, 3.8) is 0 Å². The van der Waals surface area contributed by atoms with Crippen molar-refractivity contribution in [1.29, 1.82) is 0 Å². The Kier molecular flexibility index (Phi) is 4.03. The summed E-state index contributed by atoms with van der Waals surface area (Å²) in [5, 5.41) is 3.62. The average molecular weight is 247 g/mol. The van der Waals surface area contributed by atoms with Crippen LogP contribution in [-0.2, 0) is 6.54 Å². The van der Waals surface area contributed by atoms with Crippen LogP contribution in [0.3, 0.4) is 0 Å². The summed E-state index contributed by atoms with van der Waals surface area (Å²) >= 11 is 0. The smallest absolute Gasteiger partial charge is 0.0547 e. The van der Waals surface area contributed by atoms with Gasteiger partial charge in [0.05, 0.1) is 5.69 Å². The number of aryl methyl sites for hydroxylation is 1. The second-order valence-electron chi connectivity index (χ2n) is 5.95. The zero-order valence-electron chi connectivity index (χ0n) is 12.0. The molecule has 1 N–H and O–H groups in total. The van der Waals surface area contributed by atoms with Crippen molar-refractivity contribution in [3.05, 3.63) is 29.6 Å². The SMILES string of the molecule is CCC1CN(Cc2cccc(C)n2)C(C)(C)CN1. The first kappa shape index (κ1) is 13.5. The van der Waals surface area contributed by atoms with Gasteiger partial charge in [-0.1, -0.05) is 13.0 Å². The summed E-state index contributed by atoms with van der Waals surface area (Å²) in [6, 6.07) is 6.90. The summed E-state index contributed by atoms with van der Waals surface area (Å²) in [6.45, 7) is 12.0. The van der Waals surface area contributed by atoms with Crippen LogP contribution < -0.4 is 5.32 Å². The molecule has 2 heterocycles. The fourth-order valence-electron chi connectivity index (χ4n) is 2.52. The molecule has 2 rings (SSSR count). The van der Waals surface area contributed by atoms with E-state index in [1.165, 1.54) is 12.1 Å². The van der Waals surface area contributed by atoms with Crippen molar-refractivity contribution in [2.24, 2.45) is 0 Å². The minimum atomic E-state index is 0.205. The minimum absolute atomic E-state index is 0.205. The van der Waals surface area contributed by atoms with E-state index in [1.807, 2.05) is 0 Å². The summed E-state index contributed by atoms with van der Waals surface area (Å²) in [7, 11) is 0. The predicted octanol–water partition coefficient (Wildman–Crippen LogP) is 2.35. The molecule has 1 aromatic heterocycles. The molecule has 1 aliphatic heterocycles. The van der Waals surface area contributed by atoms with Crippen molar-refractivity contribution < 1.29 is 0 Å². The molecule has 0 saturated carbocycles. The molecule has 1 fully saturated rings. The Morgan fingerprint density at radius 3 is 2.89 bits per heavy atom. The standard InChI is InChI=1S/C15H25N3/c1-5-13-9-18(15(3,4)11-16-13)10-14-8-6-7-12(2)17-14/h6-8,13,16H,5,9-11H2,1-4H3. The number of rotatable bonds is 3. The van der Waals surface area contributed by atoms with Gasteiger partial charge in [-0.25, -0.2) is 0 Å². The first-order valence-electron chi connectivity index (χ1n) is 6.92. The highest BCUT2D eigenvalue weighted by Crippen LogP contribution is 2.21. The molecule has 1 saturated heterocycles. The second-order valence-corrected chi connectivity index (χ2v) is 5.95. The molecule has 0 radical (unpaired) electrons. The van der Waals surface area contributed by atoms with Crippen LogP contribution in [0.25, 0.3) is 0 Å². The van der Waals surface area contributed by atoms with E-state index in [4.69, 9.17) is 0 Å². The summed E-state index contributed by atoms with van der Waals surface area (Å²) < 4.78 is 0. The van der Waals surface area contributed by atoms with E-state index in [0.29, 0.717) is 6.04 Å². The third kappa shape index (κ3) is 3.09. The average Bonchev–Trinajstić information content (AvgIpc) is 2.32. The lowest BCUT2D eigenvalue weighted by atomic mass is 9.96. The van der Waals surface area contributed by atoms with Gasteiger partial charge in [-0.3, -0.25) is 9.88 Å². The third-order valence-electron chi connectivity index (χ3n) is 3.91. The number of piperazine rings is 1. The van der Waals surface area contributed by atoms with Gasteiger partial charge in [0.25, 0.3) is 0 Å². The van der Waals surface area contributed by atoms with Gasteiger partial charge in [0.15, 0.2) is 0 Å². The van der Waals surface area contributed by atoms with Crippen molar-refractivity contribution in [2.75, 3.05) is 13.1 Å². The molecule has 1 aromatic rings. The molecular formula is C15H25N3. The van der Waals surface area contributed by atoms with Crippen molar-refractivity contribution in [2.45, 2.75) is 52.2 Å². The molecule has 3 heteroatoms. The topological polar surface area (TPSA) is 28.2 Å². The van der Waals surface area contributed by atoms with Crippen LogP contribution in [0.1, 0.15) is 38.6 Å². The van der Waals surface area contributed by atoms with Crippen LogP contribution in [0.5, 0.6) is 0 Å². The summed E-state index contributed by atoms with van der Waals surface area (Å²) in [4.78, 5) is 7.18. The van der Waals surface area contributed by atoms with Crippen LogP contribution in [0.2, 0.25) is 0 Å². The Balaban J connectivity index is 2.10. The Morgan fingerprint density at radius 1 is 1.44 bits per heavy atom. The monoisotopic (exact) mass is 247 g/mol. The van der Waals surface area contributed by atoms with Gasteiger partial charge < -0.3 is 5.32 Å². The Labute approximate surface area is 111 Å². The van der Waals surface area contributed by atoms with Crippen LogP contribution in [-0.4, -0.2) is 34.6 Å². The number of nitrogens with one attached hydrogen (secondary N) is 1. The van der Waals surface area contributed by atoms with E-state index in [1.54, 1.807) is 0 Å². The number of pyridine rings is 1.